The van der Waals surface area contributed by atoms with E-state index in [-0.39, 0.29) is 0 Å². The summed E-state index contributed by atoms with van der Waals surface area (Å²) in [6, 6.07) is 68.5. The summed E-state index contributed by atoms with van der Waals surface area (Å²) in [7, 11) is 0. The number of aromatic nitrogens is 2. The van der Waals surface area contributed by atoms with E-state index in [0.29, 0.717) is 5.82 Å². The first kappa shape index (κ1) is 31.2. The van der Waals surface area contributed by atoms with Gasteiger partial charge in [0, 0.05) is 27.5 Å². The zero-order valence-electron chi connectivity index (χ0n) is 29.8. The summed E-state index contributed by atoms with van der Waals surface area (Å²) in [6.07, 6.45) is 0. The van der Waals surface area contributed by atoms with Gasteiger partial charge in [0.2, 0.25) is 0 Å². The molecule has 0 atom stereocenters. The van der Waals surface area contributed by atoms with Crippen LogP contribution in [0.4, 0.5) is 0 Å². The fourth-order valence-electron chi connectivity index (χ4n) is 8.37. The number of benzene rings is 9. The molecule has 256 valence electrons. The second-order valence-electron chi connectivity index (χ2n) is 14.1. The zero-order valence-corrected chi connectivity index (χ0v) is 29.8. The van der Waals surface area contributed by atoms with Crippen LogP contribution in [-0.2, 0) is 0 Å². The Hall–Kier alpha value is -7.36. The Morgan fingerprint density at radius 3 is 1.65 bits per heavy atom. The van der Waals surface area contributed by atoms with Gasteiger partial charge in [0.15, 0.2) is 5.82 Å². The first-order chi connectivity index (χ1) is 27.3. The molecule has 0 radical (unpaired) electrons. The molecule has 0 aliphatic carbocycles. The van der Waals surface area contributed by atoms with Gasteiger partial charge < -0.3 is 4.42 Å². The van der Waals surface area contributed by atoms with Crippen LogP contribution in [0.15, 0.2) is 199 Å². The number of hydrogen-bond acceptors (Lipinski definition) is 3. The van der Waals surface area contributed by atoms with Gasteiger partial charge in [0.25, 0.3) is 0 Å². The molecule has 3 nitrogen and oxygen atoms in total. The number of hydrogen-bond donors (Lipinski definition) is 0. The van der Waals surface area contributed by atoms with Crippen LogP contribution in [0, 0.1) is 0 Å². The summed E-state index contributed by atoms with van der Waals surface area (Å²) >= 11 is 0. The van der Waals surface area contributed by atoms with Crippen LogP contribution >= 0.6 is 0 Å². The van der Waals surface area contributed by atoms with E-state index >= 15 is 0 Å². The Balaban J connectivity index is 1.18. The van der Waals surface area contributed by atoms with Gasteiger partial charge in [0.1, 0.15) is 11.2 Å². The Bertz CT molecular complexity index is 3270. The van der Waals surface area contributed by atoms with Gasteiger partial charge in [-0.05, 0) is 78.8 Å². The number of furan rings is 1. The summed E-state index contributed by atoms with van der Waals surface area (Å²) in [6.45, 7) is 0. The van der Waals surface area contributed by atoms with Crippen LogP contribution in [0.1, 0.15) is 0 Å². The molecule has 0 amide bonds. The van der Waals surface area contributed by atoms with Crippen LogP contribution < -0.4 is 0 Å². The molecule has 2 heterocycles. The number of rotatable bonds is 5. The van der Waals surface area contributed by atoms with Crippen molar-refractivity contribution in [2.75, 3.05) is 0 Å². The highest BCUT2D eigenvalue weighted by atomic mass is 16.3. The van der Waals surface area contributed by atoms with E-state index in [1.165, 1.54) is 38.1 Å². The zero-order chi connectivity index (χ0) is 36.3. The minimum absolute atomic E-state index is 0.661. The van der Waals surface area contributed by atoms with E-state index in [1.54, 1.807) is 0 Å². The van der Waals surface area contributed by atoms with Gasteiger partial charge in [-0.25, -0.2) is 9.97 Å². The highest BCUT2D eigenvalue weighted by molar-refractivity contribution is 6.17. The Labute approximate surface area is 317 Å². The average Bonchev–Trinajstić information content (AvgIpc) is 3.65. The molecular formula is C52H32N2O. The van der Waals surface area contributed by atoms with Gasteiger partial charge >= 0.3 is 0 Å². The second kappa shape index (κ2) is 12.6. The first-order valence-corrected chi connectivity index (χ1v) is 18.7. The minimum Gasteiger partial charge on any atom is -0.455 e. The number of fused-ring (bicyclic) bond motifs is 7. The van der Waals surface area contributed by atoms with Crippen LogP contribution in [-0.4, -0.2) is 9.97 Å². The van der Waals surface area contributed by atoms with Crippen LogP contribution in [0.2, 0.25) is 0 Å². The molecule has 0 saturated carbocycles. The first-order valence-electron chi connectivity index (χ1n) is 18.7. The molecule has 55 heavy (non-hydrogen) atoms. The molecule has 9 aromatic carbocycles. The molecule has 0 fully saturated rings. The van der Waals surface area contributed by atoms with Crippen molar-refractivity contribution < 1.29 is 4.42 Å². The SMILES string of the molecule is c1ccc(-c2ccccc2-c2nc(-c3ccc(-c4cc5ccccc5c5ccccc45)c4ccccc34)cc(-c3cccc4c3oc3ccccc34)n2)cc1. The third-order valence-electron chi connectivity index (χ3n) is 10.9. The lowest BCUT2D eigenvalue weighted by atomic mass is 9.89. The lowest BCUT2D eigenvalue weighted by molar-refractivity contribution is 0.670. The lowest BCUT2D eigenvalue weighted by Gasteiger charge is -2.16. The minimum atomic E-state index is 0.661. The molecule has 0 aliphatic rings. The second-order valence-corrected chi connectivity index (χ2v) is 14.1. The van der Waals surface area contributed by atoms with Gasteiger partial charge in [-0.1, -0.05) is 170 Å². The third-order valence-corrected chi connectivity index (χ3v) is 10.9. The molecule has 0 unspecified atom stereocenters. The van der Waals surface area contributed by atoms with Crippen molar-refractivity contribution >= 4 is 54.3 Å². The topological polar surface area (TPSA) is 38.9 Å². The van der Waals surface area contributed by atoms with Crippen molar-refractivity contribution in [2.45, 2.75) is 0 Å². The molecule has 3 heteroatoms. The van der Waals surface area contributed by atoms with E-state index < -0.39 is 0 Å². The van der Waals surface area contributed by atoms with Crippen LogP contribution in [0.25, 0.3) is 110 Å². The Kier molecular flexibility index (Phi) is 7.17. The number of nitrogens with zero attached hydrogens (tertiary/aromatic N) is 2. The monoisotopic (exact) mass is 700 g/mol. The summed E-state index contributed by atoms with van der Waals surface area (Å²) in [4.78, 5) is 10.8. The van der Waals surface area contributed by atoms with E-state index in [4.69, 9.17) is 14.4 Å². The van der Waals surface area contributed by atoms with Gasteiger partial charge in [-0.3, -0.25) is 0 Å². The highest BCUT2D eigenvalue weighted by Gasteiger charge is 2.20. The van der Waals surface area contributed by atoms with Gasteiger partial charge in [-0.15, -0.1) is 0 Å². The maximum Gasteiger partial charge on any atom is 0.161 e. The lowest BCUT2D eigenvalue weighted by Crippen LogP contribution is -1.98. The quantitative estimate of drug-likeness (QED) is 0.168. The van der Waals surface area contributed by atoms with Crippen molar-refractivity contribution in [3.63, 3.8) is 0 Å². The van der Waals surface area contributed by atoms with E-state index in [0.717, 1.165) is 66.5 Å². The predicted molar refractivity (Wildman–Crippen MR) is 229 cm³/mol. The maximum atomic E-state index is 6.56. The fraction of sp³-hybridized carbons (Fsp3) is 0. The number of para-hydroxylation sites is 2. The van der Waals surface area contributed by atoms with E-state index in [1.807, 2.05) is 18.2 Å². The standard InChI is InChI=1S/C52H32N2O/c1-2-15-33(16-3-1)35-18-6-11-25-45(35)52-53-48(32-49(54-52)46-27-14-26-44-43-24-12-13-28-50(43)55-51(44)46)42-30-29-41(38-21-8-9-22-39(38)42)47-31-34-17-4-5-19-36(34)37-20-7-10-23-40(37)47/h1-32H. The largest absolute Gasteiger partial charge is 0.455 e. The van der Waals surface area contributed by atoms with Crippen molar-refractivity contribution in [3.8, 4) is 56.2 Å². The molecule has 0 N–H and O–H groups in total. The Morgan fingerprint density at radius 2 is 0.855 bits per heavy atom. The van der Waals surface area contributed by atoms with Crippen molar-refractivity contribution in [1.29, 1.82) is 0 Å². The van der Waals surface area contributed by atoms with Crippen molar-refractivity contribution in [3.05, 3.63) is 194 Å². The molecule has 0 bridgehead atoms. The van der Waals surface area contributed by atoms with E-state index in [9.17, 15) is 0 Å². The smallest absolute Gasteiger partial charge is 0.161 e. The average molecular weight is 701 g/mol. The molecule has 0 saturated heterocycles. The normalized spacial score (nSPS) is 11.6. The van der Waals surface area contributed by atoms with Crippen LogP contribution in [0.5, 0.6) is 0 Å². The molecule has 11 rings (SSSR count). The van der Waals surface area contributed by atoms with Crippen LogP contribution in [0.3, 0.4) is 0 Å². The Morgan fingerprint density at radius 1 is 0.309 bits per heavy atom. The third kappa shape index (κ3) is 5.13. The molecule has 0 aliphatic heterocycles. The molecule has 11 aromatic rings. The summed E-state index contributed by atoms with van der Waals surface area (Å²) in [5.41, 5.74) is 10.9. The molecular weight excluding hydrogens is 669 g/mol. The van der Waals surface area contributed by atoms with Crippen molar-refractivity contribution in [1.82, 2.24) is 9.97 Å². The summed E-state index contributed by atoms with van der Waals surface area (Å²) in [5.74, 6) is 0.661. The highest BCUT2D eigenvalue weighted by Crippen LogP contribution is 2.43. The summed E-state index contributed by atoms with van der Waals surface area (Å²) < 4.78 is 6.56. The summed E-state index contributed by atoms with van der Waals surface area (Å²) in [5, 5.41) is 9.44. The molecule has 2 aromatic heterocycles. The van der Waals surface area contributed by atoms with E-state index in [2.05, 4.69) is 176 Å². The van der Waals surface area contributed by atoms with Gasteiger partial charge in [0.05, 0.1) is 11.4 Å². The van der Waals surface area contributed by atoms with Gasteiger partial charge in [-0.2, -0.15) is 0 Å². The maximum absolute atomic E-state index is 6.56. The fourth-order valence-corrected chi connectivity index (χ4v) is 8.37. The predicted octanol–water partition coefficient (Wildman–Crippen LogP) is 14.2. The molecule has 0 spiro atoms. The van der Waals surface area contributed by atoms with Crippen molar-refractivity contribution in [2.24, 2.45) is 0 Å².